The summed E-state index contributed by atoms with van der Waals surface area (Å²) in [6, 6.07) is 25.5. The van der Waals surface area contributed by atoms with Crippen molar-refractivity contribution in [2.24, 2.45) is 0 Å². The first kappa shape index (κ1) is 22.3. The highest BCUT2D eigenvalue weighted by Gasteiger charge is 2.28. The van der Waals surface area contributed by atoms with Crippen molar-refractivity contribution >= 4 is 17.9 Å². The Kier molecular flexibility index (Phi) is 6.94. The quantitative estimate of drug-likeness (QED) is 0.410. The second kappa shape index (κ2) is 10.6. The van der Waals surface area contributed by atoms with Crippen LogP contribution in [0.5, 0.6) is 0 Å². The highest BCUT2D eigenvalue weighted by molar-refractivity contribution is 5.79. The highest BCUT2D eigenvalue weighted by atomic mass is 16.5. The zero-order chi connectivity index (χ0) is 23.2. The zero-order valence-corrected chi connectivity index (χ0v) is 19.6. The van der Waals surface area contributed by atoms with Gasteiger partial charge in [0.2, 0.25) is 0 Å². The number of alkyl carbamates (subject to hydrolysis) is 1. The van der Waals surface area contributed by atoms with E-state index in [4.69, 9.17) is 4.74 Å². The van der Waals surface area contributed by atoms with Crippen LogP contribution in [-0.4, -0.2) is 32.3 Å². The molecule has 3 aromatic carbocycles. The molecule has 34 heavy (non-hydrogen) atoms. The molecule has 1 saturated heterocycles. The molecule has 0 bridgehead atoms. The van der Waals surface area contributed by atoms with Crippen LogP contribution in [-0.2, 0) is 4.74 Å². The second-order valence-electron chi connectivity index (χ2n) is 9.09. The fraction of sp³-hybridized carbons (Fsp3) is 0.300. The number of nitrogens with one attached hydrogen (secondary N) is 1. The van der Waals surface area contributed by atoms with E-state index in [1.807, 2.05) is 12.1 Å². The van der Waals surface area contributed by atoms with Crippen LogP contribution in [0, 0.1) is 0 Å². The Morgan fingerprint density at radius 3 is 2.35 bits per heavy atom. The predicted octanol–water partition coefficient (Wildman–Crippen LogP) is 6.62. The molecule has 1 N–H and O–H groups in total. The van der Waals surface area contributed by atoms with Crippen LogP contribution in [0.1, 0.15) is 48.3 Å². The molecule has 0 atom stereocenters. The first-order chi connectivity index (χ1) is 16.8. The van der Waals surface area contributed by atoms with Crippen molar-refractivity contribution in [1.82, 2.24) is 5.32 Å². The molecule has 0 spiro atoms. The Morgan fingerprint density at radius 1 is 0.912 bits per heavy atom. The van der Waals surface area contributed by atoms with E-state index < -0.39 is 0 Å². The van der Waals surface area contributed by atoms with Gasteiger partial charge in [-0.3, -0.25) is 0 Å². The van der Waals surface area contributed by atoms with Gasteiger partial charge in [0.15, 0.2) is 0 Å². The summed E-state index contributed by atoms with van der Waals surface area (Å²) in [5.41, 5.74) is 7.43. The van der Waals surface area contributed by atoms with Gasteiger partial charge in [0, 0.05) is 31.2 Å². The summed E-state index contributed by atoms with van der Waals surface area (Å²) in [5.74, 6) is 0.0882. The first-order valence-corrected chi connectivity index (χ1v) is 12.4. The minimum Gasteiger partial charge on any atom is -0.449 e. The van der Waals surface area contributed by atoms with Gasteiger partial charge in [0.05, 0.1) is 0 Å². The van der Waals surface area contributed by atoms with E-state index in [1.165, 1.54) is 52.8 Å². The average molecular weight is 453 g/mol. The van der Waals surface area contributed by atoms with Gasteiger partial charge in [-0.05, 0) is 65.6 Å². The molecule has 0 unspecified atom stereocenters. The molecule has 1 aliphatic heterocycles. The summed E-state index contributed by atoms with van der Waals surface area (Å²) in [7, 11) is 0. The third-order valence-corrected chi connectivity index (χ3v) is 6.83. The molecule has 0 saturated carbocycles. The molecule has 0 aromatic heterocycles. The van der Waals surface area contributed by atoms with Crippen LogP contribution in [0.15, 0.2) is 78.9 Å². The van der Waals surface area contributed by atoms with Crippen molar-refractivity contribution in [2.75, 3.05) is 31.1 Å². The van der Waals surface area contributed by atoms with Crippen LogP contribution >= 0.6 is 0 Å². The van der Waals surface area contributed by atoms with Crippen molar-refractivity contribution in [3.8, 4) is 11.1 Å². The minimum absolute atomic E-state index is 0.0882. The SMILES string of the molecule is O=C(NCCC=Cc1cccc(N2CCCCC2)c1)OCC1c2ccccc2-c2ccccc21. The number of piperidine rings is 1. The summed E-state index contributed by atoms with van der Waals surface area (Å²) >= 11 is 0. The lowest BCUT2D eigenvalue weighted by molar-refractivity contribution is 0.143. The molecule has 3 aromatic rings. The standard InChI is InChI=1S/C30H32N2O2/c33-30(34-22-29-27-16-4-2-14-25(27)26-15-3-5-17-28(26)29)31-18-7-6-11-23-12-10-13-24(21-23)32-19-8-1-9-20-32/h2-6,10-17,21,29H,1,7-9,18-20,22H2,(H,31,33). The number of hydrogen-bond donors (Lipinski definition) is 1. The largest absolute Gasteiger partial charge is 0.449 e. The Morgan fingerprint density at radius 2 is 1.62 bits per heavy atom. The summed E-state index contributed by atoms with van der Waals surface area (Å²) < 4.78 is 5.61. The zero-order valence-electron chi connectivity index (χ0n) is 19.6. The number of carbonyl (C=O) groups excluding carboxylic acids is 1. The van der Waals surface area contributed by atoms with Gasteiger partial charge in [0.25, 0.3) is 0 Å². The molecule has 2 aliphatic rings. The summed E-state index contributed by atoms with van der Waals surface area (Å²) in [6.45, 7) is 3.20. The number of carbonyl (C=O) groups is 1. The molecule has 1 amide bonds. The fourth-order valence-corrected chi connectivity index (χ4v) is 5.10. The third-order valence-electron chi connectivity index (χ3n) is 6.83. The lowest BCUT2D eigenvalue weighted by Crippen LogP contribution is -2.29. The molecular formula is C30H32N2O2. The summed E-state index contributed by atoms with van der Waals surface area (Å²) in [6.07, 6.45) is 8.54. The Bertz CT molecular complexity index is 1120. The van der Waals surface area contributed by atoms with E-state index in [0.717, 1.165) is 19.5 Å². The number of ether oxygens (including phenoxy) is 1. The van der Waals surface area contributed by atoms with E-state index in [2.05, 4.69) is 83.0 Å². The maximum Gasteiger partial charge on any atom is 0.407 e. The van der Waals surface area contributed by atoms with Crippen LogP contribution in [0.3, 0.4) is 0 Å². The second-order valence-corrected chi connectivity index (χ2v) is 9.09. The third kappa shape index (κ3) is 5.01. The van der Waals surface area contributed by atoms with Gasteiger partial charge in [-0.25, -0.2) is 4.79 Å². The van der Waals surface area contributed by atoms with Crippen molar-refractivity contribution < 1.29 is 9.53 Å². The predicted molar refractivity (Wildman–Crippen MR) is 139 cm³/mol. The number of rotatable bonds is 7. The molecular weight excluding hydrogens is 420 g/mol. The van der Waals surface area contributed by atoms with Gasteiger partial charge >= 0.3 is 6.09 Å². The number of fused-ring (bicyclic) bond motifs is 3. The molecule has 5 rings (SSSR count). The van der Waals surface area contributed by atoms with Crippen molar-refractivity contribution in [3.63, 3.8) is 0 Å². The van der Waals surface area contributed by atoms with E-state index in [-0.39, 0.29) is 12.0 Å². The van der Waals surface area contributed by atoms with Crippen LogP contribution < -0.4 is 10.2 Å². The highest BCUT2D eigenvalue weighted by Crippen LogP contribution is 2.44. The number of anilines is 1. The van der Waals surface area contributed by atoms with Crippen LogP contribution in [0.25, 0.3) is 17.2 Å². The number of benzene rings is 3. The number of hydrogen-bond acceptors (Lipinski definition) is 3. The Balaban J connectivity index is 1.09. The summed E-state index contributed by atoms with van der Waals surface area (Å²) in [4.78, 5) is 14.8. The molecule has 1 heterocycles. The van der Waals surface area contributed by atoms with Gasteiger partial charge in [-0.2, -0.15) is 0 Å². The summed E-state index contributed by atoms with van der Waals surface area (Å²) in [5, 5.41) is 2.88. The molecule has 174 valence electrons. The van der Waals surface area contributed by atoms with Crippen molar-refractivity contribution in [3.05, 3.63) is 95.6 Å². The monoisotopic (exact) mass is 452 g/mol. The van der Waals surface area contributed by atoms with Crippen LogP contribution in [0.2, 0.25) is 0 Å². The number of amides is 1. The van der Waals surface area contributed by atoms with Gasteiger partial charge in [0.1, 0.15) is 6.61 Å². The Labute approximate surface area is 202 Å². The normalized spacial score (nSPS) is 15.2. The first-order valence-electron chi connectivity index (χ1n) is 12.4. The van der Waals surface area contributed by atoms with Gasteiger partial charge in [-0.1, -0.05) is 72.8 Å². The maximum atomic E-state index is 12.3. The molecule has 4 heteroatoms. The van der Waals surface area contributed by atoms with E-state index >= 15 is 0 Å². The van der Waals surface area contributed by atoms with E-state index in [0.29, 0.717) is 13.2 Å². The maximum absolute atomic E-state index is 12.3. The smallest absolute Gasteiger partial charge is 0.407 e. The van der Waals surface area contributed by atoms with Crippen molar-refractivity contribution in [1.29, 1.82) is 0 Å². The Hall–Kier alpha value is -3.53. The molecule has 1 fully saturated rings. The van der Waals surface area contributed by atoms with E-state index in [9.17, 15) is 4.79 Å². The van der Waals surface area contributed by atoms with Crippen LogP contribution in [0.4, 0.5) is 10.5 Å². The lowest BCUT2D eigenvalue weighted by atomic mass is 9.98. The molecule has 4 nitrogen and oxygen atoms in total. The van der Waals surface area contributed by atoms with Crippen molar-refractivity contribution in [2.45, 2.75) is 31.6 Å². The minimum atomic E-state index is -0.359. The topological polar surface area (TPSA) is 41.6 Å². The van der Waals surface area contributed by atoms with E-state index in [1.54, 1.807) is 0 Å². The molecule has 1 aliphatic carbocycles. The molecule has 0 radical (unpaired) electrons. The lowest BCUT2D eigenvalue weighted by Gasteiger charge is -2.29. The van der Waals surface area contributed by atoms with Gasteiger partial charge in [-0.15, -0.1) is 0 Å². The van der Waals surface area contributed by atoms with Gasteiger partial charge < -0.3 is 15.0 Å². The average Bonchev–Trinajstić information content (AvgIpc) is 3.22. The fourth-order valence-electron chi connectivity index (χ4n) is 5.10. The number of nitrogens with zero attached hydrogens (tertiary/aromatic N) is 1.